The van der Waals surface area contributed by atoms with Crippen molar-refractivity contribution in [2.45, 2.75) is 58.1 Å². The third kappa shape index (κ3) is 4.69. The number of benzene rings is 1. The molecule has 0 unspecified atom stereocenters. The first-order valence-electron chi connectivity index (χ1n) is 8.03. The average molecular weight is 337 g/mol. The fourth-order valence-electron chi connectivity index (χ4n) is 2.63. The molecule has 1 amide bonds. The van der Waals surface area contributed by atoms with Gasteiger partial charge in [0.2, 0.25) is 6.86 Å². The van der Waals surface area contributed by atoms with E-state index in [2.05, 4.69) is 5.32 Å². The number of Topliss-reactive ketones (excluding diaryl/α,β-unsaturated/α-hetero) is 1. The Morgan fingerprint density at radius 2 is 2.04 bits per heavy atom. The zero-order chi connectivity index (χ0) is 17.9. The number of halogens is 1. The highest BCUT2D eigenvalue weighted by Crippen LogP contribution is 2.37. The second-order valence-corrected chi connectivity index (χ2v) is 7.06. The van der Waals surface area contributed by atoms with Crippen LogP contribution in [0.5, 0.6) is 5.75 Å². The average Bonchev–Trinajstić information content (AvgIpc) is 2.42. The third-order valence-corrected chi connectivity index (χ3v) is 3.87. The van der Waals surface area contributed by atoms with E-state index in [4.69, 9.17) is 9.47 Å². The zero-order valence-electron chi connectivity index (χ0n) is 14.5. The van der Waals surface area contributed by atoms with E-state index in [0.29, 0.717) is 24.2 Å². The van der Waals surface area contributed by atoms with Crippen LogP contribution in [0.3, 0.4) is 0 Å². The summed E-state index contributed by atoms with van der Waals surface area (Å²) in [4.78, 5) is 23.0. The largest absolute Gasteiger partial charge is 0.463 e. The van der Waals surface area contributed by atoms with E-state index in [1.165, 1.54) is 0 Å². The fraction of sp³-hybridized carbons (Fsp3) is 0.556. The van der Waals surface area contributed by atoms with Crippen molar-refractivity contribution in [3.05, 3.63) is 29.3 Å². The van der Waals surface area contributed by atoms with Crippen LogP contribution in [-0.2, 0) is 9.53 Å². The maximum Gasteiger partial charge on any atom is 0.408 e. The van der Waals surface area contributed by atoms with Gasteiger partial charge in [-0.15, -0.1) is 0 Å². The molecule has 0 radical (unpaired) electrons. The highest BCUT2D eigenvalue weighted by molar-refractivity contribution is 5.86. The van der Waals surface area contributed by atoms with Gasteiger partial charge in [-0.2, -0.15) is 0 Å². The molecule has 0 aliphatic heterocycles. The predicted octanol–water partition coefficient (Wildman–Crippen LogP) is 4.02. The SMILES string of the molecule is C[C@H](NC(=O)OC(C)(C)C)c1ccc(C2CC(=O)C2)cc1OCF. The van der Waals surface area contributed by atoms with Crippen molar-refractivity contribution in [3.8, 4) is 5.75 Å². The molecule has 1 aliphatic carbocycles. The molecular weight excluding hydrogens is 313 g/mol. The summed E-state index contributed by atoms with van der Waals surface area (Å²) in [5.74, 6) is 0.775. The van der Waals surface area contributed by atoms with Crippen molar-refractivity contribution < 1.29 is 23.5 Å². The van der Waals surface area contributed by atoms with E-state index in [9.17, 15) is 14.0 Å². The summed E-state index contributed by atoms with van der Waals surface area (Å²) in [6, 6.07) is 5.04. The van der Waals surface area contributed by atoms with Gasteiger partial charge < -0.3 is 14.8 Å². The lowest BCUT2D eigenvalue weighted by Gasteiger charge is -2.26. The second-order valence-electron chi connectivity index (χ2n) is 7.06. The highest BCUT2D eigenvalue weighted by Gasteiger charge is 2.29. The first-order chi connectivity index (χ1) is 11.2. The molecule has 5 nitrogen and oxygen atoms in total. The normalized spacial score (nSPS) is 16.3. The van der Waals surface area contributed by atoms with Gasteiger partial charge in [-0.1, -0.05) is 12.1 Å². The van der Waals surface area contributed by atoms with Crippen LogP contribution >= 0.6 is 0 Å². The number of alkyl halides is 1. The van der Waals surface area contributed by atoms with E-state index in [1.54, 1.807) is 39.8 Å². The zero-order valence-corrected chi connectivity index (χ0v) is 14.5. The number of rotatable bonds is 5. The van der Waals surface area contributed by atoms with E-state index < -0.39 is 24.6 Å². The Morgan fingerprint density at radius 3 is 2.58 bits per heavy atom. The summed E-state index contributed by atoms with van der Waals surface area (Å²) in [7, 11) is 0. The Hall–Kier alpha value is -2.11. The fourth-order valence-corrected chi connectivity index (χ4v) is 2.63. The van der Waals surface area contributed by atoms with E-state index in [0.717, 1.165) is 5.56 Å². The Morgan fingerprint density at radius 1 is 1.38 bits per heavy atom. The number of carbonyl (C=O) groups is 2. The van der Waals surface area contributed by atoms with Crippen LogP contribution in [0, 0.1) is 0 Å². The number of carbonyl (C=O) groups excluding carboxylic acids is 2. The number of nitrogens with one attached hydrogen (secondary N) is 1. The molecule has 0 aromatic heterocycles. The monoisotopic (exact) mass is 337 g/mol. The first-order valence-corrected chi connectivity index (χ1v) is 8.03. The molecular formula is C18H24FNO4. The number of ether oxygens (including phenoxy) is 2. The molecule has 0 heterocycles. The molecule has 132 valence electrons. The Labute approximate surface area is 141 Å². The predicted molar refractivity (Wildman–Crippen MR) is 87.8 cm³/mol. The quantitative estimate of drug-likeness (QED) is 0.881. The van der Waals surface area contributed by atoms with Crippen LogP contribution in [0.1, 0.15) is 63.6 Å². The van der Waals surface area contributed by atoms with Gasteiger partial charge in [-0.05, 0) is 45.2 Å². The summed E-state index contributed by atoms with van der Waals surface area (Å²) in [6.45, 7) is 6.16. The van der Waals surface area contributed by atoms with Crippen LogP contribution in [0.15, 0.2) is 18.2 Å². The smallest absolute Gasteiger partial charge is 0.408 e. The number of ketones is 1. The van der Waals surface area contributed by atoms with Gasteiger partial charge in [0.15, 0.2) is 0 Å². The molecule has 0 bridgehead atoms. The summed E-state index contributed by atoms with van der Waals surface area (Å²) < 4.78 is 23.0. The van der Waals surface area contributed by atoms with Crippen molar-refractivity contribution in [1.82, 2.24) is 5.32 Å². The first kappa shape index (κ1) is 18.2. The Kier molecular flexibility index (Phi) is 5.47. The van der Waals surface area contributed by atoms with Gasteiger partial charge in [0, 0.05) is 18.4 Å². The van der Waals surface area contributed by atoms with Crippen molar-refractivity contribution in [2.75, 3.05) is 6.86 Å². The Balaban J connectivity index is 2.12. The van der Waals surface area contributed by atoms with Crippen LogP contribution in [-0.4, -0.2) is 24.3 Å². The number of alkyl carbamates (subject to hydrolysis) is 1. The number of amides is 1. The molecule has 6 heteroatoms. The number of hydrogen-bond acceptors (Lipinski definition) is 4. The molecule has 1 aromatic carbocycles. The van der Waals surface area contributed by atoms with Crippen LogP contribution < -0.4 is 10.1 Å². The minimum Gasteiger partial charge on any atom is -0.463 e. The molecule has 1 saturated carbocycles. The maximum absolute atomic E-state index is 12.7. The van der Waals surface area contributed by atoms with E-state index >= 15 is 0 Å². The minimum atomic E-state index is -0.959. The highest BCUT2D eigenvalue weighted by atomic mass is 19.1. The standard InChI is InChI=1S/C18H24FNO4/c1-11(20-17(22)24-18(2,3)4)15-6-5-12(9-16(15)23-10-19)13-7-14(21)8-13/h5-6,9,11,13H,7-8,10H2,1-4H3,(H,20,22)/t11-/m0/s1. The lowest BCUT2D eigenvalue weighted by molar-refractivity contribution is -0.124. The molecule has 24 heavy (non-hydrogen) atoms. The molecule has 2 rings (SSSR count). The van der Waals surface area contributed by atoms with Crippen molar-refractivity contribution in [2.24, 2.45) is 0 Å². The van der Waals surface area contributed by atoms with E-state index in [-0.39, 0.29) is 11.7 Å². The van der Waals surface area contributed by atoms with Crippen LogP contribution in [0.2, 0.25) is 0 Å². The lowest BCUT2D eigenvalue weighted by Crippen LogP contribution is -2.34. The molecule has 1 fully saturated rings. The molecule has 1 N–H and O–H groups in total. The van der Waals surface area contributed by atoms with Gasteiger partial charge in [0.25, 0.3) is 0 Å². The molecule has 1 aromatic rings. The second kappa shape index (κ2) is 7.20. The summed E-state index contributed by atoms with van der Waals surface area (Å²) >= 11 is 0. The maximum atomic E-state index is 12.7. The van der Waals surface area contributed by atoms with Gasteiger partial charge in [0.05, 0.1) is 6.04 Å². The van der Waals surface area contributed by atoms with Crippen molar-refractivity contribution in [1.29, 1.82) is 0 Å². The number of hydrogen-bond donors (Lipinski definition) is 1. The van der Waals surface area contributed by atoms with Gasteiger partial charge in [-0.3, -0.25) is 4.79 Å². The minimum absolute atomic E-state index is 0.169. The lowest BCUT2D eigenvalue weighted by atomic mass is 9.78. The topological polar surface area (TPSA) is 64.6 Å². The molecule has 0 spiro atoms. The van der Waals surface area contributed by atoms with Crippen molar-refractivity contribution >= 4 is 11.9 Å². The summed E-state index contributed by atoms with van der Waals surface area (Å²) in [5.41, 5.74) is 1.02. The van der Waals surface area contributed by atoms with Crippen LogP contribution in [0.25, 0.3) is 0 Å². The van der Waals surface area contributed by atoms with Gasteiger partial charge in [0.1, 0.15) is 17.1 Å². The Bertz CT molecular complexity index is 616. The molecule has 1 atom stereocenters. The summed E-state index contributed by atoms with van der Waals surface area (Å²) in [6.07, 6.45) is 0.482. The van der Waals surface area contributed by atoms with Crippen LogP contribution in [0.4, 0.5) is 9.18 Å². The van der Waals surface area contributed by atoms with E-state index in [1.807, 2.05) is 6.07 Å². The third-order valence-electron chi connectivity index (χ3n) is 3.87. The molecule has 1 aliphatic rings. The van der Waals surface area contributed by atoms with Gasteiger partial charge >= 0.3 is 6.09 Å². The van der Waals surface area contributed by atoms with Gasteiger partial charge in [-0.25, -0.2) is 9.18 Å². The molecule has 0 saturated heterocycles. The van der Waals surface area contributed by atoms with Crippen molar-refractivity contribution in [3.63, 3.8) is 0 Å². The summed E-state index contributed by atoms with van der Waals surface area (Å²) in [5, 5.41) is 2.72.